The third kappa shape index (κ3) is 3.96. The average molecular weight is 381 g/mol. The van der Waals surface area contributed by atoms with Crippen LogP contribution >= 0.6 is 0 Å². The molecule has 0 spiro atoms. The number of nitrogens with zero attached hydrogens (tertiary/aromatic N) is 2. The average Bonchev–Trinajstić information content (AvgIpc) is 2.83. The summed E-state index contributed by atoms with van der Waals surface area (Å²) in [7, 11) is 0. The van der Waals surface area contributed by atoms with Crippen LogP contribution in [0, 0.1) is 17.6 Å². The lowest BCUT2D eigenvalue weighted by atomic mass is 9.92. The summed E-state index contributed by atoms with van der Waals surface area (Å²) in [5.74, 6) is -2.04. The lowest BCUT2D eigenvalue weighted by molar-refractivity contribution is -0.132. The summed E-state index contributed by atoms with van der Waals surface area (Å²) in [5.41, 5.74) is -1.34. The minimum atomic E-state index is -1.49. The topological polar surface area (TPSA) is 72.9 Å². The highest BCUT2D eigenvalue weighted by atomic mass is 19.2. The third-order valence-electron chi connectivity index (χ3n) is 5.51. The maximum absolute atomic E-state index is 13.6. The van der Waals surface area contributed by atoms with Crippen LogP contribution in [0.3, 0.4) is 0 Å². The molecule has 1 aromatic carbocycles. The Morgan fingerprint density at radius 2 is 1.89 bits per heavy atom. The number of urea groups is 1. The van der Waals surface area contributed by atoms with Crippen LogP contribution < -0.4 is 5.32 Å². The molecule has 0 radical (unpaired) electrons. The van der Waals surface area contributed by atoms with Crippen LogP contribution in [-0.2, 0) is 10.3 Å². The van der Waals surface area contributed by atoms with Gasteiger partial charge in [-0.25, -0.2) is 13.6 Å². The molecule has 6 nitrogen and oxygen atoms in total. The lowest BCUT2D eigenvalue weighted by Crippen LogP contribution is -2.45. The number of hydrogen-bond acceptors (Lipinski definition) is 4. The number of β-amino-alcohol motifs (C(OH)–C–C–N with tert-alkyl or cyclic N) is 1. The standard InChI is InChI=1S/C19H25F2N3O3/c1-12-5-7-23(8-6-12)10-14(25)11-24-17(26)19(2,22-18(24)27)13-3-4-15(20)16(21)9-13/h3-4,9,12,14,25H,5-8,10-11H2,1-2H3,(H,22,27). The molecule has 2 saturated heterocycles. The van der Waals surface area contributed by atoms with Gasteiger partial charge in [-0.2, -0.15) is 0 Å². The van der Waals surface area contributed by atoms with Crippen molar-refractivity contribution >= 4 is 11.9 Å². The van der Waals surface area contributed by atoms with Crippen LogP contribution in [-0.4, -0.2) is 59.1 Å². The van der Waals surface area contributed by atoms with Crippen LogP contribution in [0.25, 0.3) is 0 Å². The van der Waals surface area contributed by atoms with Crippen molar-refractivity contribution in [1.29, 1.82) is 0 Å². The van der Waals surface area contributed by atoms with Crippen molar-refractivity contribution in [2.45, 2.75) is 38.3 Å². The largest absolute Gasteiger partial charge is 0.390 e. The van der Waals surface area contributed by atoms with Crippen molar-refractivity contribution in [3.8, 4) is 0 Å². The normalized spacial score (nSPS) is 25.7. The molecule has 2 fully saturated rings. The molecule has 8 heteroatoms. The molecule has 3 rings (SSSR count). The van der Waals surface area contributed by atoms with Gasteiger partial charge < -0.3 is 15.3 Å². The van der Waals surface area contributed by atoms with E-state index < -0.39 is 35.2 Å². The van der Waals surface area contributed by atoms with Crippen LogP contribution in [0.2, 0.25) is 0 Å². The maximum Gasteiger partial charge on any atom is 0.325 e. The second-order valence-corrected chi connectivity index (χ2v) is 7.74. The number of amides is 3. The third-order valence-corrected chi connectivity index (χ3v) is 5.51. The molecule has 2 heterocycles. The second kappa shape index (κ2) is 7.52. The molecule has 2 aliphatic heterocycles. The highest BCUT2D eigenvalue weighted by Crippen LogP contribution is 2.30. The Morgan fingerprint density at radius 1 is 1.22 bits per heavy atom. The van der Waals surface area contributed by atoms with E-state index in [1.807, 2.05) is 0 Å². The number of carbonyl (C=O) groups is 2. The Kier molecular flexibility index (Phi) is 5.48. The van der Waals surface area contributed by atoms with E-state index in [2.05, 4.69) is 17.1 Å². The zero-order valence-corrected chi connectivity index (χ0v) is 15.5. The molecule has 2 unspecified atom stereocenters. The van der Waals surface area contributed by atoms with Gasteiger partial charge in [0.2, 0.25) is 0 Å². The quantitative estimate of drug-likeness (QED) is 0.764. The zero-order chi connectivity index (χ0) is 19.8. The number of piperidine rings is 1. The Bertz CT molecular complexity index is 737. The van der Waals surface area contributed by atoms with Gasteiger partial charge in [-0.3, -0.25) is 9.69 Å². The van der Waals surface area contributed by atoms with E-state index in [0.29, 0.717) is 12.5 Å². The zero-order valence-electron chi connectivity index (χ0n) is 15.5. The van der Waals surface area contributed by atoms with Gasteiger partial charge in [-0.05, 0) is 56.5 Å². The molecule has 27 heavy (non-hydrogen) atoms. The van der Waals surface area contributed by atoms with Crippen molar-refractivity contribution < 1.29 is 23.5 Å². The van der Waals surface area contributed by atoms with Crippen molar-refractivity contribution in [2.75, 3.05) is 26.2 Å². The van der Waals surface area contributed by atoms with Crippen LogP contribution in [0.15, 0.2) is 18.2 Å². The molecule has 2 N–H and O–H groups in total. The van der Waals surface area contributed by atoms with E-state index in [1.54, 1.807) is 0 Å². The molecule has 0 bridgehead atoms. The molecule has 0 aromatic heterocycles. The fourth-order valence-electron chi connectivity index (χ4n) is 3.68. The minimum Gasteiger partial charge on any atom is -0.390 e. The first kappa shape index (κ1) is 19.7. The predicted octanol–water partition coefficient (Wildman–Crippen LogP) is 1.82. The Hall–Kier alpha value is -2.06. The van der Waals surface area contributed by atoms with E-state index in [4.69, 9.17) is 0 Å². The van der Waals surface area contributed by atoms with Gasteiger partial charge in [-0.15, -0.1) is 0 Å². The van der Waals surface area contributed by atoms with Gasteiger partial charge in [-0.1, -0.05) is 13.0 Å². The Labute approximate surface area is 157 Å². The fourth-order valence-corrected chi connectivity index (χ4v) is 3.68. The number of benzene rings is 1. The van der Waals surface area contributed by atoms with E-state index in [9.17, 15) is 23.5 Å². The smallest absolute Gasteiger partial charge is 0.325 e. The number of likely N-dealkylation sites (tertiary alicyclic amines) is 1. The van der Waals surface area contributed by atoms with E-state index in [0.717, 1.165) is 43.0 Å². The fraction of sp³-hybridized carbons (Fsp3) is 0.579. The number of aliphatic hydroxyl groups is 1. The van der Waals surface area contributed by atoms with Crippen molar-refractivity contribution in [1.82, 2.24) is 15.1 Å². The number of hydrogen-bond donors (Lipinski definition) is 2. The van der Waals surface area contributed by atoms with E-state index in [-0.39, 0.29) is 12.1 Å². The van der Waals surface area contributed by atoms with Gasteiger partial charge >= 0.3 is 6.03 Å². The van der Waals surface area contributed by atoms with Crippen molar-refractivity contribution in [2.24, 2.45) is 5.92 Å². The summed E-state index contributed by atoms with van der Waals surface area (Å²) < 4.78 is 26.7. The summed E-state index contributed by atoms with van der Waals surface area (Å²) in [6.45, 7) is 5.63. The summed E-state index contributed by atoms with van der Waals surface area (Å²) in [6.07, 6.45) is 1.24. The Balaban J connectivity index is 1.67. The predicted molar refractivity (Wildman–Crippen MR) is 94.8 cm³/mol. The van der Waals surface area contributed by atoms with Crippen LogP contribution in [0.4, 0.5) is 13.6 Å². The number of halogens is 2. The minimum absolute atomic E-state index is 0.143. The summed E-state index contributed by atoms with van der Waals surface area (Å²) >= 11 is 0. The lowest BCUT2D eigenvalue weighted by Gasteiger charge is -2.32. The van der Waals surface area contributed by atoms with Gasteiger partial charge in [0.25, 0.3) is 5.91 Å². The molecule has 148 valence electrons. The highest BCUT2D eigenvalue weighted by molar-refractivity contribution is 6.07. The van der Waals surface area contributed by atoms with Crippen molar-refractivity contribution in [3.63, 3.8) is 0 Å². The Morgan fingerprint density at radius 3 is 2.52 bits per heavy atom. The van der Waals surface area contributed by atoms with Gasteiger partial charge in [0, 0.05) is 6.54 Å². The molecular weight excluding hydrogens is 356 g/mol. The van der Waals surface area contributed by atoms with Gasteiger partial charge in [0.1, 0.15) is 5.54 Å². The molecule has 3 amide bonds. The highest BCUT2D eigenvalue weighted by Gasteiger charge is 2.49. The molecule has 0 aliphatic carbocycles. The number of rotatable bonds is 5. The van der Waals surface area contributed by atoms with Gasteiger partial charge in [0.05, 0.1) is 12.6 Å². The van der Waals surface area contributed by atoms with E-state index in [1.165, 1.54) is 13.0 Å². The monoisotopic (exact) mass is 381 g/mol. The van der Waals surface area contributed by atoms with E-state index >= 15 is 0 Å². The second-order valence-electron chi connectivity index (χ2n) is 7.74. The first-order valence-electron chi connectivity index (χ1n) is 9.20. The molecule has 2 aliphatic rings. The van der Waals surface area contributed by atoms with Crippen LogP contribution in [0.1, 0.15) is 32.3 Å². The first-order valence-corrected chi connectivity index (χ1v) is 9.20. The molecule has 1 aromatic rings. The summed E-state index contributed by atoms with van der Waals surface area (Å²) in [5, 5.41) is 12.9. The molecular formula is C19H25F2N3O3. The molecule has 2 atom stereocenters. The first-order chi connectivity index (χ1) is 12.7. The van der Waals surface area contributed by atoms with Crippen molar-refractivity contribution in [3.05, 3.63) is 35.4 Å². The number of aliphatic hydroxyl groups excluding tert-OH is 1. The van der Waals surface area contributed by atoms with Crippen LogP contribution in [0.5, 0.6) is 0 Å². The number of nitrogens with one attached hydrogen (secondary N) is 1. The summed E-state index contributed by atoms with van der Waals surface area (Å²) in [4.78, 5) is 28.2. The number of imide groups is 1. The maximum atomic E-state index is 13.6. The van der Waals surface area contributed by atoms with Gasteiger partial charge in [0.15, 0.2) is 11.6 Å². The SMILES string of the molecule is CC1CCN(CC(O)CN2C(=O)NC(C)(c3ccc(F)c(F)c3)C2=O)CC1. The summed E-state index contributed by atoms with van der Waals surface area (Å²) in [6, 6.07) is 2.44. The number of carbonyl (C=O) groups excluding carboxylic acids is 2. The molecule has 0 saturated carbocycles.